The first-order valence-electron chi connectivity index (χ1n) is 14.1. The van der Waals surface area contributed by atoms with Crippen LogP contribution in [0.1, 0.15) is 45.4 Å². The Kier molecular flexibility index (Phi) is 9.22. The van der Waals surface area contributed by atoms with Crippen molar-refractivity contribution in [3.05, 3.63) is 80.1 Å². The van der Waals surface area contributed by atoms with Crippen LogP contribution in [0.3, 0.4) is 0 Å². The van der Waals surface area contributed by atoms with Gasteiger partial charge in [0.25, 0.3) is 11.8 Å². The molecule has 10 nitrogen and oxygen atoms in total. The number of rotatable bonds is 8. The van der Waals surface area contributed by atoms with Crippen LogP contribution in [0.15, 0.2) is 41.3 Å². The molecule has 5 rings (SSSR count). The fraction of sp³-hybridized carbons (Fsp3) is 0.323. The largest absolute Gasteiger partial charge is 0.358 e. The van der Waals surface area contributed by atoms with Crippen molar-refractivity contribution in [1.82, 2.24) is 20.1 Å². The summed E-state index contributed by atoms with van der Waals surface area (Å²) in [6.07, 6.45) is 1.64. The zero-order chi connectivity index (χ0) is 31.8. The Balaban J connectivity index is 1.33. The number of H-pyrrole nitrogens is 1. The zero-order valence-corrected chi connectivity index (χ0v) is 26.9. The standard InChI is InChI=1S/C31H33Cl2N5O5S/c1-18-28(35-19(2)29(18)31(41)34-9-10-37-11-13-38(14-12-37)20(3)39)16-23-22-15-21(7-8-27(22)36-30(23)40)44(42,43)17-24-25(32)5-4-6-26(24)33/h4-8,15-16,35H,9-14,17H2,1-3H3,(H,34,41)(H,36,40). The minimum Gasteiger partial charge on any atom is -0.358 e. The third-order valence-electron chi connectivity index (χ3n) is 8.05. The number of nitrogens with one attached hydrogen (secondary N) is 3. The summed E-state index contributed by atoms with van der Waals surface area (Å²) in [7, 11) is -3.86. The number of halogens is 2. The van der Waals surface area contributed by atoms with Gasteiger partial charge in [0, 0.05) is 84.4 Å². The molecule has 3 N–H and O–H groups in total. The molecule has 2 aromatic carbocycles. The molecule has 2 aliphatic heterocycles. The van der Waals surface area contributed by atoms with Crippen LogP contribution >= 0.6 is 23.2 Å². The number of amides is 3. The van der Waals surface area contributed by atoms with Gasteiger partial charge in [0.2, 0.25) is 5.91 Å². The number of hydrogen-bond donors (Lipinski definition) is 3. The number of benzene rings is 2. The van der Waals surface area contributed by atoms with Gasteiger partial charge in [0.05, 0.1) is 21.8 Å². The van der Waals surface area contributed by atoms with Gasteiger partial charge < -0.3 is 20.5 Å². The van der Waals surface area contributed by atoms with Gasteiger partial charge in [-0.25, -0.2) is 8.42 Å². The quantitative estimate of drug-likeness (QED) is 0.310. The highest BCUT2D eigenvalue weighted by Crippen LogP contribution is 2.37. The molecule has 2 aliphatic rings. The van der Waals surface area contributed by atoms with Gasteiger partial charge in [-0.15, -0.1) is 0 Å². The van der Waals surface area contributed by atoms with Crippen molar-refractivity contribution < 1.29 is 22.8 Å². The van der Waals surface area contributed by atoms with Crippen molar-refractivity contribution in [2.24, 2.45) is 0 Å². The van der Waals surface area contributed by atoms with E-state index in [0.29, 0.717) is 65.5 Å². The minimum absolute atomic E-state index is 0.0248. The van der Waals surface area contributed by atoms with Crippen LogP contribution in [-0.2, 0) is 25.2 Å². The van der Waals surface area contributed by atoms with E-state index in [0.717, 1.165) is 13.1 Å². The summed E-state index contributed by atoms with van der Waals surface area (Å²) in [5.74, 6) is -0.936. The number of aryl methyl sites for hydroxylation is 1. The number of nitrogens with zero attached hydrogens (tertiary/aromatic N) is 2. The number of hydrogen-bond acceptors (Lipinski definition) is 6. The maximum atomic E-state index is 13.3. The van der Waals surface area contributed by atoms with Gasteiger partial charge in [-0.05, 0) is 55.8 Å². The van der Waals surface area contributed by atoms with Crippen LogP contribution in [0, 0.1) is 13.8 Å². The van der Waals surface area contributed by atoms with Crippen molar-refractivity contribution in [3.8, 4) is 0 Å². The summed E-state index contributed by atoms with van der Waals surface area (Å²) in [4.78, 5) is 44.9. The Morgan fingerprint density at radius 2 is 1.73 bits per heavy atom. The summed E-state index contributed by atoms with van der Waals surface area (Å²) in [5, 5.41) is 6.27. The molecule has 0 radical (unpaired) electrons. The highest BCUT2D eigenvalue weighted by molar-refractivity contribution is 7.90. The van der Waals surface area contributed by atoms with E-state index in [1.807, 2.05) is 4.90 Å². The average molecular weight is 659 g/mol. The first-order valence-corrected chi connectivity index (χ1v) is 16.5. The smallest absolute Gasteiger partial charge is 0.256 e. The average Bonchev–Trinajstić information content (AvgIpc) is 3.44. The molecule has 0 unspecified atom stereocenters. The number of anilines is 1. The van der Waals surface area contributed by atoms with E-state index < -0.39 is 15.6 Å². The van der Waals surface area contributed by atoms with Crippen LogP contribution in [-0.4, -0.2) is 80.2 Å². The molecule has 0 aliphatic carbocycles. The third-order valence-corrected chi connectivity index (χ3v) is 10.4. The van der Waals surface area contributed by atoms with E-state index in [1.165, 1.54) is 12.1 Å². The van der Waals surface area contributed by atoms with E-state index in [2.05, 4.69) is 20.5 Å². The molecule has 1 fully saturated rings. The van der Waals surface area contributed by atoms with Crippen molar-refractivity contribution in [2.75, 3.05) is 44.6 Å². The number of piperazine rings is 1. The Hall–Kier alpha value is -3.64. The van der Waals surface area contributed by atoms with E-state index >= 15 is 0 Å². The maximum Gasteiger partial charge on any atom is 0.256 e. The zero-order valence-electron chi connectivity index (χ0n) is 24.6. The molecule has 1 saturated heterocycles. The second kappa shape index (κ2) is 12.8. The van der Waals surface area contributed by atoms with Crippen LogP contribution in [0.25, 0.3) is 11.6 Å². The Morgan fingerprint density at radius 3 is 2.39 bits per heavy atom. The predicted octanol–water partition coefficient (Wildman–Crippen LogP) is 4.30. The molecule has 0 bridgehead atoms. The Labute approximate surface area is 266 Å². The lowest BCUT2D eigenvalue weighted by molar-refractivity contribution is -0.130. The fourth-order valence-electron chi connectivity index (χ4n) is 5.55. The molecule has 0 saturated carbocycles. The lowest BCUT2D eigenvalue weighted by atomic mass is 10.0. The van der Waals surface area contributed by atoms with E-state index in [9.17, 15) is 22.8 Å². The van der Waals surface area contributed by atoms with Gasteiger partial charge in [-0.3, -0.25) is 19.3 Å². The van der Waals surface area contributed by atoms with Crippen LogP contribution in [0.5, 0.6) is 0 Å². The molecule has 232 valence electrons. The second-order valence-electron chi connectivity index (χ2n) is 10.9. The second-order valence-corrected chi connectivity index (χ2v) is 13.8. The molecular weight excluding hydrogens is 625 g/mol. The van der Waals surface area contributed by atoms with Crippen molar-refractivity contribution in [2.45, 2.75) is 31.4 Å². The summed E-state index contributed by atoms with van der Waals surface area (Å²) in [6.45, 7) is 9.15. The lowest BCUT2D eigenvalue weighted by Gasteiger charge is -2.34. The van der Waals surface area contributed by atoms with Gasteiger partial charge in [-0.2, -0.15) is 0 Å². The number of carbonyl (C=O) groups excluding carboxylic acids is 3. The first-order chi connectivity index (χ1) is 20.9. The van der Waals surface area contributed by atoms with Crippen LogP contribution < -0.4 is 10.6 Å². The highest BCUT2D eigenvalue weighted by Gasteiger charge is 2.29. The lowest BCUT2D eigenvalue weighted by Crippen LogP contribution is -2.49. The van der Waals surface area contributed by atoms with Crippen LogP contribution in [0.4, 0.5) is 5.69 Å². The molecule has 3 amide bonds. The van der Waals surface area contributed by atoms with E-state index in [-0.39, 0.29) is 38.2 Å². The topological polar surface area (TPSA) is 132 Å². The van der Waals surface area contributed by atoms with E-state index in [4.69, 9.17) is 23.2 Å². The molecule has 0 atom stereocenters. The number of sulfone groups is 1. The summed E-state index contributed by atoms with van der Waals surface area (Å²) in [6, 6.07) is 9.27. The molecular formula is C31H33Cl2N5O5S. The Morgan fingerprint density at radius 1 is 1.05 bits per heavy atom. The number of aromatic amines is 1. The van der Waals surface area contributed by atoms with Gasteiger partial charge in [0.1, 0.15) is 0 Å². The van der Waals surface area contributed by atoms with E-state index in [1.54, 1.807) is 51.1 Å². The first kappa shape index (κ1) is 31.8. The third kappa shape index (κ3) is 6.56. The van der Waals surface area contributed by atoms with Crippen molar-refractivity contribution in [3.63, 3.8) is 0 Å². The fourth-order valence-corrected chi connectivity index (χ4v) is 7.67. The molecule has 3 heterocycles. The molecule has 0 spiro atoms. The SMILES string of the molecule is CC(=O)N1CCN(CCNC(=O)c2c(C)[nH]c(C=C3C(=O)Nc4ccc(S(=O)(=O)Cc5c(Cl)cccc5Cl)cc43)c2C)CC1. The van der Waals surface area contributed by atoms with Crippen molar-refractivity contribution in [1.29, 1.82) is 0 Å². The molecule has 13 heteroatoms. The van der Waals surface area contributed by atoms with Gasteiger partial charge in [-0.1, -0.05) is 29.3 Å². The molecule has 1 aromatic heterocycles. The Bertz CT molecular complexity index is 1770. The predicted molar refractivity (Wildman–Crippen MR) is 172 cm³/mol. The monoisotopic (exact) mass is 657 g/mol. The molecule has 44 heavy (non-hydrogen) atoms. The van der Waals surface area contributed by atoms with Crippen LogP contribution in [0.2, 0.25) is 10.0 Å². The number of carbonyl (C=O) groups is 3. The van der Waals surface area contributed by atoms with Gasteiger partial charge >= 0.3 is 0 Å². The highest BCUT2D eigenvalue weighted by atomic mass is 35.5. The number of aromatic nitrogens is 1. The van der Waals surface area contributed by atoms with Crippen molar-refractivity contribution >= 4 is 68.1 Å². The summed E-state index contributed by atoms with van der Waals surface area (Å²) < 4.78 is 26.7. The van der Waals surface area contributed by atoms with Gasteiger partial charge in [0.15, 0.2) is 9.84 Å². The normalized spacial score (nSPS) is 16.2. The summed E-state index contributed by atoms with van der Waals surface area (Å²) >= 11 is 12.4. The summed E-state index contributed by atoms with van der Waals surface area (Å²) in [5.41, 5.74) is 3.87. The number of fused-ring (bicyclic) bond motifs is 1. The minimum atomic E-state index is -3.86. The molecule has 3 aromatic rings. The maximum absolute atomic E-state index is 13.3.